The third-order valence-corrected chi connectivity index (χ3v) is 9.86. The standard InChI is InChI=1S/C31H37FN8O5/c1-19-15-20(5-6-21(19)32)16-34-25(42)23-24(41)26(43)40-18-30(39-14-13-38-12-11-33-22(38)17-39)7-9-31(10-8-30,29(40)35-23)37(4)28(45)27(44)36(2)3/h5-6,11-12,15,41H,7-10,13-14,16-18H2,1-4H3,(H,34,42). The van der Waals surface area contributed by atoms with Crippen molar-refractivity contribution in [3.8, 4) is 5.75 Å². The maximum atomic E-state index is 14.0. The van der Waals surface area contributed by atoms with Crippen LogP contribution in [0.1, 0.15) is 58.9 Å². The number of nitrogens with one attached hydrogen (secondary N) is 1. The molecule has 3 aliphatic heterocycles. The first-order chi connectivity index (χ1) is 21.4. The Labute approximate surface area is 259 Å². The zero-order chi connectivity index (χ0) is 32.3. The molecule has 2 aromatic heterocycles. The van der Waals surface area contributed by atoms with Gasteiger partial charge in [0.05, 0.1) is 6.54 Å². The van der Waals surface area contributed by atoms with Gasteiger partial charge in [-0.15, -0.1) is 0 Å². The number of likely N-dealkylation sites (N-methyl/N-ethyl adjacent to an activating group) is 2. The molecule has 1 fully saturated rings. The lowest BCUT2D eigenvalue weighted by Gasteiger charge is -2.51. The van der Waals surface area contributed by atoms with Gasteiger partial charge in [-0.05, 0) is 49.8 Å². The number of amides is 3. The summed E-state index contributed by atoms with van der Waals surface area (Å²) in [6.07, 6.45) is 5.63. The molecule has 0 spiro atoms. The van der Waals surface area contributed by atoms with E-state index in [1.807, 2.05) is 6.20 Å². The second-order valence-corrected chi connectivity index (χ2v) is 12.6. The lowest BCUT2D eigenvalue weighted by molar-refractivity contribution is -0.155. The van der Waals surface area contributed by atoms with Crippen molar-refractivity contribution < 1.29 is 23.9 Å². The molecule has 45 heavy (non-hydrogen) atoms. The van der Waals surface area contributed by atoms with Gasteiger partial charge in [0.1, 0.15) is 23.0 Å². The van der Waals surface area contributed by atoms with Crippen molar-refractivity contribution in [2.45, 2.75) is 69.9 Å². The summed E-state index contributed by atoms with van der Waals surface area (Å²) in [7, 11) is 4.51. The number of nitrogens with zero attached hydrogens (tertiary/aromatic N) is 7. The van der Waals surface area contributed by atoms with Crippen LogP contribution in [0, 0.1) is 12.7 Å². The Bertz CT molecular complexity index is 1760. The van der Waals surface area contributed by atoms with Crippen molar-refractivity contribution in [3.05, 3.63) is 75.2 Å². The van der Waals surface area contributed by atoms with E-state index in [1.165, 1.54) is 47.6 Å². The summed E-state index contributed by atoms with van der Waals surface area (Å²) >= 11 is 0. The first kappa shape index (κ1) is 30.4. The minimum atomic E-state index is -1.19. The van der Waals surface area contributed by atoms with Gasteiger partial charge in [0.25, 0.3) is 11.5 Å². The monoisotopic (exact) mass is 620 g/mol. The van der Waals surface area contributed by atoms with Crippen molar-refractivity contribution in [2.75, 3.05) is 27.7 Å². The number of imidazole rings is 1. The number of benzene rings is 1. The highest BCUT2D eigenvalue weighted by atomic mass is 19.1. The zero-order valence-corrected chi connectivity index (χ0v) is 25.8. The lowest BCUT2D eigenvalue weighted by Crippen LogP contribution is -2.58. The Kier molecular flexibility index (Phi) is 7.50. The summed E-state index contributed by atoms with van der Waals surface area (Å²) in [4.78, 5) is 67.7. The number of hydrogen-bond acceptors (Lipinski definition) is 8. The second kappa shape index (κ2) is 11.1. The molecule has 13 nitrogen and oxygen atoms in total. The molecule has 14 heteroatoms. The number of carbonyl (C=O) groups is 3. The third kappa shape index (κ3) is 4.96. The molecule has 3 aromatic rings. The summed E-state index contributed by atoms with van der Waals surface area (Å²) in [5.41, 5.74) is -1.92. The summed E-state index contributed by atoms with van der Waals surface area (Å²) in [5, 5.41) is 13.8. The average Bonchev–Trinajstić information content (AvgIpc) is 3.40. The molecule has 0 radical (unpaired) electrons. The van der Waals surface area contributed by atoms with Crippen molar-refractivity contribution in [1.82, 2.24) is 39.1 Å². The molecule has 2 N–H and O–H groups in total. The molecule has 1 saturated carbocycles. The predicted octanol–water partition coefficient (Wildman–Crippen LogP) is 1.11. The minimum absolute atomic E-state index is 0.00813. The molecule has 2 bridgehead atoms. The Morgan fingerprint density at radius 3 is 2.51 bits per heavy atom. The number of aryl methyl sites for hydroxylation is 1. The summed E-state index contributed by atoms with van der Waals surface area (Å²) in [6, 6.07) is 4.43. The van der Waals surface area contributed by atoms with Gasteiger partial charge in [-0.1, -0.05) is 12.1 Å². The molecular weight excluding hydrogens is 583 g/mol. The molecular formula is C31H37FN8O5. The largest absolute Gasteiger partial charge is 0.501 e. The average molecular weight is 621 g/mol. The van der Waals surface area contributed by atoms with Crippen LogP contribution in [0.15, 0.2) is 35.4 Å². The highest BCUT2D eigenvalue weighted by molar-refractivity contribution is 6.34. The number of aromatic hydroxyl groups is 1. The van der Waals surface area contributed by atoms with Crippen molar-refractivity contribution in [1.29, 1.82) is 0 Å². The van der Waals surface area contributed by atoms with Crippen LogP contribution < -0.4 is 10.9 Å². The van der Waals surface area contributed by atoms with E-state index < -0.39 is 45.8 Å². The Balaban J connectivity index is 1.42. The first-order valence-corrected chi connectivity index (χ1v) is 15.0. The van der Waals surface area contributed by atoms with Gasteiger partial charge >= 0.3 is 11.8 Å². The van der Waals surface area contributed by atoms with E-state index in [4.69, 9.17) is 0 Å². The molecule has 0 atom stereocenters. The van der Waals surface area contributed by atoms with E-state index in [1.54, 1.807) is 19.2 Å². The van der Waals surface area contributed by atoms with Gasteiger partial charge in [0.15, 0.2) is 5.69 Å². The van der Waals surface area contributed by atoms with Gasteiger partial charge in [-0.25, -0.2) is 14.4 Å². The van der Waals surface area contributed by atoms with Gasteiger partial charge in [0, 0.05) is 65.3 Å². The van der Waals surface area contributed by atoms with Crippen LogP contribution in [0.25, 0.3) is 0 Å². The topological polar surface area (TPSA) is 146 Å². The predicted molar refractivity (Wildman–Crippen MR) is 159 cm³/mol. The smallest absolute Gasteiger partial charge is 0.312 e. The molecule has 4 aliphatic rings. The van der Waals surface area contributed by atoms with Crippen LogP contribution in [0.5, 0.6) is 5.75 Å². The third-order valence-electron chi connectivity index (χ3n) is 9.86. The number of carbonyl (C=O) groups excluding carboxylic acids is 3. The van der Waals surface area contributed by atoms with E-state index in [0.717, 1.165) is 18.9 Å². The van der Waals surface area contributed by atoms with Gasteiger partial charge in [-0.2, -0.15) is 0 Å². The Morgan fingerprint density at radius 1 is 1.09 bits per heavy atom. The number of fused-ring (bicyclic) bond motifs is 3. The highest BCUT2D eigenvalue weighted by Crippen LogP contribution is 2.51. The number of rotatable bonds is 5. The fourth-order valence-corrected chi connectivity index (χ4v) is 7.10. The Morgan fingerprint density at radius 2 is 1.82 bits per heavy atom. The Hall–Kier alpha value is -4.59. The van der Waals surface area contributed by atoms with Crippen LogP contribution in [-0.4, -0.2) is 89.9 Å². The summed E-state index contributed by atoms with van der Waals surface area (Å²) in [5.74, 6) is -2.38. The van der Waals surface area contributed by atoms with E-state index >= 15 is 0 Å². The molecule has 0 saturated heterocycles. The quantitative estimate of drug-likeness (QED) is 0.404. The summed E-state index contributed by atoms with van der Waals surface area (Å²) < 4.78 is 17.2. The van der Waals surface area contributed by atoms with Crippen LogP contribution in [0.3, 0.4) is 0 Å². The SMILES string of the molecule is Cc1cc(CNC(=O)c2nc3n(c(=O)c2O)CC2(N4CCn5ccnc5C4)CCC3(N(C)C(=O)C(=O)N(C)C)CC2)ccc1F. The normalized spacial score (nSPS) is 22.2. The van der Waals surface area contributed by atoms with Crippen molar-refractivity contribution in [2.24, 2.45) is 0 Å². The minimum Gasteiger partial charge on any atom is -0.501 e. The molecule has 1 aliphatic carbocycles. The van der Waals surface area contributed by atoms with Crippen molar-refractivity contribution in [3.63, 3.8) is 0 Å². The number of aromatic nitrogens is 4. The van der Waals surface area contributed by atoms with E-state index in [9.17, 15) is 28.7 Å². The molecule has 238 valence electrons. The molecule has 0 unspecified atom stereocenters. The fourth-order valence-electron chi connectivity index (χ4n) is 7.10. The molecule has 3 amide bonds. The summed E-state index contributed by atoms with van der Waals surface area (Å²) in [6.45, 7) is 3.83. The second-order valence-electron chi connectivity index (χ2n) is 12.6. The zero-order valence-electron chi connectivity index (χ0n) is 25.8. The lowest BCUT2D eigenvalue weighted by atomic mass is 9.71. The van der Waals surface area contributed by atoms with E-state index in [2.05, 4.69) is 24.8 Å². The van der Waals surface area contributed by atoms with Crippen LogP contribution in [0.4, 0.5) is 4.39 Å². The highest BCUT2D eigenvalue weighted by Gasteiger charge is 2.56. The number of halogens is 1. The molecule has 1 aromatic carbocycles. The van der Waals surface area contributed by atoms with Gasteiger partial charge in [-0.3, -0.25) is 28.6 Å². The number of hydrogen-bond donors (Lipinski definition) is 2. The van der Waals surface area contributed by atoms with Gasteiger partial charge in [0.2, 0.25) is 5.75 Å². The fraction of sp³-hybridized carbons (Fsp3) is 0.484. The van der Waals surface area contributed by atoms with E-state index in [-0.39, 0.29) is 24.7 Å². The van der Waals surface area contributed by atoms with Crippen LogP contribution in [0.2, 0.25) is 0 Å². The van der Waals surface area contributed by atoms with Gasteiger partial charge < -0.3 is 24.8 Å². The maximum absolute atomic E-state index is 14.0. The van der Waals surface area contributed by atoms with Crippen LogP contribution >= 0.6 is 0 Å². The van der Waals surface area contributed by atoms with Crippen molar-refractivity contribution >= 4 is 17.7 Å². The molecule has 5 heterocycles. The first-order valence-electron chi connectivity index (χ1n) is 15.0. The molecule has 7 rings (SSSR count). The van der Waals surface area contributed by atoms with E-state index in [0.29, 0.717) is 43.4 Å². The van der Waals surface area contributed by atoms with Crippen LogP contribution in [-0.2, 0) is 41.3 Å². The maximum Gasteiger partial charge on any atom is 0.312 e.